The molecule has 0 radical (unpaired) electrons. The lowest BCUT2D eigenvalue weighted by Gasteiger charge is -2.33. The molecule has 2 aromatic carbocycles. The van der Waals surface area contributed by atoms with Crippen molar-refractivity contribution in [3.05, 3.63) is 59.7 Å². The smallest absolute Gasteiger partial charge is 0.238 e. The van der Waals surface area contributed by atoms with Gasteiger partial charge < -0.3 is 10.6 Å². The third-order valence-electron chi connectivity index (χ3n) is 5.73. The van der Waals surface area contributed by atoms with Gasteiger partial charge in [0.2, 0.25) is 11.8 Å². The molecule has 1 fully saturated rings. The maximum atomic E-state index is 12.5. The summed E-state index contributed by atoms with van der Waals surface area (Å²) in [5.41, 5.74) is 4.08. The zero-order valence-electron chi connectivity index (χ0n) is 18.9. The quantitative estimate of drug-likeness (QED) is 0.683. The van der Waals surface area contributed by atoms with E-state index >= 15 is 0 Å². The minimum absolute atomic E-state index is 0.00969. The first-order valence-electron chi connectivity index (χ1n) is 11.2. The average Bonchev–Trinajstić information content (AvgIpc) is 2.75. The third kappa shape index (κ3) is 6.64. The molecule has 0 saturated carbocycles. The molecule has 166 valence electrons. The van der Waals surface area contributed by atoms with Crippen molar-refractivity contribution in [3.8, 4) is 0 Å². The summed E-state index contributed by atoms with van der Waals surface area (Å²) >= 11 is 0. The van der Waals surface area contributed by atoms with Crippen LogP contribution in [0.25, 0.3) is 0 Å². The van der Waals surface area contributed by atoms with Crippen molar-refractivity contribution in [1.82, 2.24) is 9.80 Å². The van der Waals surface area contributed by atoms with Crippen LogP contribution in [0, 0.1) is 0 Å². The van der Waals surface area contributed by atoms with Crippen molar-refractivity contribution in [3.63, 3.8) is 0 Å². The monoisotopic (exact) mass is 422 g/mol. The zero-order valence-corrected chi connectivity index (χ0v) is 18.9. The van der Waals surface area contributed by atoms with Crippen LogP contribution in [0.2, 0.25) is 0 Å². The molecule has 0 atom stereocenters. The number of nitrogens with zero attached hydrogens (tertiary/aromatic N) is 2. The highest BCUT2D eigenvalue weighted by Crippen LogP contribution is 2.23. The van der Waals surface area contributed by atoms with Gasteiger partial charge in [-0.25, -0.2) is 0 Å². The number of nitrogens with one attached hydrogen (secondary N) is 2. The topological polar surface area (TPSA) is 64.7 Å². The van der Waals surface area contributed by atoms with Crippen molar-refractivity contribution in [2.24, 2.45) is 0 Å². The Bertz CT molecular complexity index is 889. The number of anilines is 2. The van der Waals surface area contributed by atoms with Gasteiger partial charge >= 0.3 is 0 Å². The Balaban J connectivity index is 1.43. The number of benzene rings is 2. The largest absolute Gasteiger partial charge is 0.325 e. The Morgan fingerprint density at radius 2 is 1.29 bits per heavy atom. The Morgan fingerprint density at radius 3 is 1.84 bits per heavy atom. The average molecular weight is 423 g/mol. The highest BCUT2D eigenvalue weighted by molar-refractivity contribution is 5.93. The van der Waals surface area contributed by atoms with Crippen LogP contribution in [0.15, 0.2) is 48.5 Å². The van der Waals surface area contributed by atoms with Crippen LogP contribution in [0.1, 0.15) is 37.8 Å². The summed E-state index contributed by atoms with van der Waals surface area (Å²) in [6, 6.07) is 15.9. The van der Waals surface area contributed by atoms with E-state index in [0.29, 0.717) is 19.0 Å². The summed E-state index contributed by atoms with van der Waals surface area (Å²) in [5.74, 6) is 0.378. The number of para-hydroxylation sites is 2. The van der Waals surface area contributed by atoms with Crippen molar-refractivity contribution in [2.45, 2.75) is 33.1 Å². The molecular weight excluding hydrogens is 388 g/mol. The van der Waals surface area contributed by atoms with Crippen molar-refractivity contribution >= 4 is 23.2 Å². The van der Waals surface area contributed by atoms with E-state index < -0.39 is 0 Å². The van der Waals surface area contributed by atoms with Crippen LogP contribution in [-0.4, -0.2) is 60.9 Å². The lowest BCUT2D eigenvalue weighted by Crippen LogP contribution is -2.50. The number of hydrogen-bond acceptors (Lipinski definition) is 4. The van der Waals surface area contributed by atoms with Crippen molar-refractivity contribution in [2.75, 3.05) is 49.9 Å². The van der Waals surface area contributed by atoms with E-state index in [1.54, 1.807) is 0 Å². The zero-order chi connectivity index (χ0) is 22.2. The lowest BCUT2D eigenvalue weighted by atomic mass is 10.0. The van der Waals surface area contributed by atoms with Gasteiger partial charge in [0.05, 0.1) is 13.1 Å². The maximum absolute atomic E-state index is 12.5. The normalized spacial score (nSPS) is 15.1. The number of hydrogen-bond donors (Lipinski definition) is 2. The van der Waals surface area contributed by atoms with Crippen LogP contribution in [0.4, 0.5) is 11.4 Å². The third-order valence-corrected chi connectivity index (χ3v) is 5.73. The molecule has 2 amide bonds. The van der Waals surface area contributed by atoms with Crippen LogP contribution < -0.4 is 10.6 Å². The summed E-state index contributed by atoms with van der Waals surface area (Å²) in [6.07, 6.45) is 0.888. The molecule has 0 unspecified atom stereocenters. The molecule has 6 heteroatoms. The van der Waals surface area contributed by atoms with E-state index in [1.165, 1.54) is 0 Å². The molecule has 1 aliphatic rings. The van der Waals surface area contributed by atoms with Crippen LogP contribution in [-0.2, 0) is 16.0 Å². The SMILES string of the molecule is CCc1ccccc1NC(=O)CN1CCN(CC(=O)Nc2ccccc2C(C)C)CC1. The van der Waals surface area contributed by atoms with Crippen molar-refractivity contribution < 1.29 is 9.59 Å². The molecule has 6 nitrogen and oxygen atoms in total. The molecular formula is C25H34N4O2. The standard InChI is InChI=1S/C25H34N4O2/c1-4-20-9-5-7-11-22(20)26-24(30)17-28-13-15-29(16-14-28)18-25(31)27-23-12-8-6-10-21(23)19(2)3/h5-12,19H,4,13-18H2,1-3H3,(H,26,30)(H,27,31). The molecule has 0 aliphatic carbocycles. The van der Waals surface area contributed by atoms with Gasteiger partial charge in [0.1, 0.15) is 0 Å². The number of carbonyl (C=O) groups is 2. The van der Waals surface area contributed by atoms with Gasteiger partial charge in [-0.2, -0.15) is 0 Å². The summed E-state index contributed by atoms with van der Waals surface area (Å²) < 4.78 is 0. The molecule has 2 aromatic rings. The second-order valence-electron chi connectivity index (χ2n) is 8.40. The molecule has 0 spiro atoms. The van der Waals surface area contributed by atoms with E-state index in [1.807, 2.05) is 42.5 Å². The Kier molecular flexibility index (Phi) is 8.20. The van der Waals surface area contributed by atoms with Gasteiger partial charge in [-0.1, -0.05) is 57.2 Å². The van der Waals surface area contributed by atoms with E-state index in [-0.39, 0.29) is 11.8 Å². The second-order valence-corrected chi connectivity index (χ2v) is 8.40. The molecule has 1 aliphatic heterocycles. The number of rotatable bonds is 8. The van der Waals surface area contributed by atoms with E-state index in [0.717, 1.165) is 55.1 Å². The predicted molar refractivity (Wildman–Crippen MR) is 126 cm³/mol. The van der Waals surface area contributed by atoms with Crippen LogP contribution >= 0.6 is 0 Å². The van der Waals surface area contributed by atoms with Gasteiger partial charge in [-0.15, -0.1) is 0 Å². The van der Waals surface area contributed by atoms with E-state index in [9.17, 15) is 9.59 Å². The molecule has 0 aromatic heterocycles. The fourth-order valence-electron chi connectivity index (χ4n) is 3.96. The predicted octanol–water partition coefficient (Wildman–Crippen LogP) is 3.57. The second kappa shape index (κ2) is 11.1. The van der Waals surface area contributed by atoms with E-state index in [4.69, 9.17) is 0 Å². The number of aryl methyl sites for hydroxylation is 1. The van der Waals surface area contributed by atoms with Crippen molar-refractivity contribution in [1.29, 1.82) is 0 Å². The Morgan fingerprint density at radius 1 is 0.806 bits per heavy atom. The molecule has 1 saturated heterocycles. The lowest BCUT2D eigenvalue weighted by molar-refractivity contribution is -0.120. The molecule has 2 N–H and O–H groups in total. The summed E-state index contributed by atoms with van der Waals surface area (Å²) in [5, 5.41) is 6.10. The summed E-state index contributed by atoms with van der Waals surface area (Å²) in [4.78, 5) is 29.3. The first-order valence-corrected chi connectivity index (χ1v) is 11.2. The number of carbonyl (C=O) groups excluding carboxylic acids is 2. The fraction of sp³-hybridized carbons (Fsp3) is 0.440. The van der Waals surface area contributed by atoms with Crippen LogP contribution in [0.3, 0.4) is 0 Å². The molecule has 1 heterocycles. The fourth-order valence-corrected chi connectivity index (χ4v) is 3.96. The highest BCUT2D eigenvalue weighted by Gasteiger charge is 2.21. The first kappa shape index (κ1) is 23.0. The Hall–Kier alpha value is -2.70. The van der Waals surface area contributed by atoms with Gasteiger partial charge in [0.15, 0.2) is 0 Å². The molecule has 0 bridgehead atoms. The highest BCUT2D eigenvalue weighted by atomic mass is 16.2. The molecule has 31 heavy (non-hydrogen) atoms. The summed E-state index contributed by atoms with van der Waals surface area (Å²) in [7, 11) is 0. The number of amides is 2. The van der Waals surface area contributed by atoms with E-state index in [2.05, 4.69) is 47.3 Å². The Labute approximate surface area is 185 Å². The number of piperazine rings is 1. The van der Waals surface area contributed by atoms with Gasteiger partial charge in [-0.05, 0) is 35.6 Å². The van der Waals surface area contributed by atoms with Crippen LogP contribution in [0.5, 0.6) is 0 Å². The maximum Gasteiger partial charge on any atom is 0.238 e. The van der Waals surface area contributed by atoms with Gasteiger partial charge in [-0.3, -0.25) is 19.4 Å². The van der Waals surface area contributed by atoms with Gasteiger partial charge in [0.25, 0.3) is 0 Å². The minimum Gasteiger partial charge on any atom is -0.325 e. The summed E-state index contributed by atoms with van der Waals surface area (Å²) in [6.45, 7) is 10.2. The first-order chi connectivity index (χ1) is 15.0. The van der Waals surface area contributed by atoms with Gasteiger partial charge in [0, 0.05) is 37.6 Å². The minimum atomic E-state index is 0.00969. The molecule has 3 rings (SSSR count).